The number of nitrogens with one attached hydrogen (secondary N) is 1. The van der Waals surface area contributed by atoms with Crippen LogP contribution in [0.2, 0.25) is 5.02 Å². The zero-order chi connectivity index (χ0) is 19.1. The van der Waals surface area contributed by atoms with E-state index in [9.17, 15) is 9.59 Å². The van der Waals surface area contributed by atoms with E-state index >= 15 is 0 Å². The van der Waals surface area contributed by atoms with E-state index in [2.05, 4.69) is 10.5 Å². The van der Waals surface area contributed by atoms with Crippen LogP contribution < -0.4 is 5.32 Å². The van der Waals surface area contributed by atoms with Gasteiger partial charge >= 0.3 is 5.97 Å². The first-order valence-corrected chi connectivity index (χ1v) is 8.68. The van der Waals surface area contributed by atoms with Crippen LogP contribution in [0.3, 0.4) is 0 Å². The monoisotopic (exact) mass is 388 g/mol. The number of carbonyl (C=O) groups excluding carboxylic acids is 2. The second-order valence-electron chi connectivity index (χ2n) is 5.69. The van der Waals surface area contributed by atoms with E-state index in [1.54, 1.807) is 42.5 Å². The summed E-state index contributed by atoms with van der Waals surface area (Å²) in [6, 6.07) is 11.7. The standard InChI is InChI=1S/C19H17ClN2O5/c20-14-7-5-13(6-8-14)19(24)21-9-1-4-18(23)26-12-15-11-17(27-22-15)16-3-2-10-25-16/h2-3,5-8,10-11H,1,4,9,12H2,(H,21,24). The van der Waals surface area contributed by atoms with Crippen LogP contribution in [-0.4, -0.2) is 23.6 Å². The molecule has 140 valence electrons. The lowest BCUT2D eigenvalue weighted by Gasteiger charge is -2.05. The number of benzene rings is 1. The predicted molar refractivity (Wildman–Crippen MR) is 97.0 cm³/mol. The van der Waals surface area contributed by atoms with Gasteiger partial charge in [0, 0.05) is 29.6 Å². The van der Waals surface area contributed by atoms with Crippen LogP contribution in [0.15, 0.2) is 57.7 Å². The van der Waals surface area contributed by atoms with Crippen molar-refractivity contribution in [2.75, 3.05) is 6.54 Å². The Hall–Kier alpha value is -3.06. The first kappa shape index (κ1) is 18.7. The fourth-order valence-electron chi connectivity index (χ4n) is 2.28. The molecule has 1 aromatic carbocycles. The van der Waals surface area contributed by atoms with Gasteiger partial charge in [0.1, 0.15) is 12.3 Å². The molecule has 2 aromatic heterocycles. The van der Waals surface area contributed by atoms with Crippen molar-refractivity contribution in [3.63, 3.8) is 0 Å². The summed E-state index contributed by atoms with van der Waals surface area (Å²) in [6.45, 7) is 0.378. The van der Waals surface area contributed by atoms with Gasteiger partial charge in [-0.1, -0.05) is 16.8 Å². The Morgan fingerprint density at radius 3 is 2.70 bits per heavy atom. The Balaban J connectivity index is 1.34. The third-order valence-electron chi connectivity index (χ3n) is 3.65. The lowest BCUT2D eigenvalue weighted by Crippen LogP contribution is -2.24. The summed E-state index contributed by atoms with van der Waals surface area (Å²) in [5.41, 5.74) is 1.01. The number of hydrogen-bond donors (Lipinski definition) is 1. The van der Waals surface area contributed by atoms with E-state index in [4.69, 9.17) is 25.3 Å². The highest BCUT2D eigenvalue weighted by molar-refractivity contribution is 6.30. The molecule has 0 aliphatic rings. The largest absolute Gasteiger partial charge is 0.461 e. The molecule has 1 N–H and O–H groups in total. The number of hydrogen-bond acceptors (Lipinski definition) is 6. The van der Waals surface area contributed by atoms with Crippen LogP contribution in [0.1, 0.15) is 28.9 Å². The number of esters is 1. The second kappa shape index (κ2) is 9.05. The maximum absolute atomic E-state index is 11.9. The fraction of sp³-hybridized carbons (Fsp3) is 0.211. The zero-order valence-electron chi connectivity index (χ0n) is 14.3. The van der Waals surface area contributed by atoms with Gasteiger partial charge in [-0.2, -0.15) is 0 Å². The SMILES string of the molecule is O=C(CCCNC(=O)c1ccc(Cl)cc1)OCc1cc(-c2ccco2)on1. The number of ether oxygens (including phenoxy) is 1. The molecule has 3 aromatic rings. The predicted octanol–water partition coefficient (Wildman–Crippen LogP) is 3.84. The van der Waals surface area contributed by atoms with E-state index in [1.165, 1.54) is 6.26 Å². The van der Waals surface area contributed by atoms with Crippen molar-refractivity contribution in [1.82, 2.24) is 10.5 Å². The van der Waals surface area contributed by atoms with Gasteiger partial charge in [-0.3, -0.25) is 9.59 Å². The second-order valence-corrected chi connectivity index (χ2v) is 6.12. The van der Waals surface area contributed by atoms with Gasteiger partial charge in [-0.15, -0.1) is 0 Å². The molecule has 0 radical (unpaired) electrons. The molecule has 0 spiro atoms. The van der Waals surface area contributed by atoms with Crippen molar-refractivity contribution >= 4 is 23.5 Å². The van der Waals surface area contributed by atoms with Gasteiger partial charge < -0.3 is 19.0 Å². The van der Waals surface area contributed by atoms with E-state index in [-0.39, 0.29) is 24.9 Å². The lowest BCUT2D eigenvalue weighted by molar-refractivity contribution is -0.145. The Morgan fingerprint density at radius 1 is 1.15 bits per heavy atom. The van der Waals surface area contributed by atoms with E-state index in [1.807, 2.05) is 0 Å². The van der Waals surface area contributed by atoms with Crippen molar-refractivity contribution in [2.24, 2.45) is 0 Å². The summed E-state index contributed by atoms with van der Waals surface area (Å²) in [6.07, 6.45) is 2.18. The Labute approximate surface area is 160 Å². The number of aromatic nitrogens is 1. The first-order chi connectivity index (χ1) is 13.1. The molecular formula is C19H17ClN2O5. The van der Waals surface area contributed by atoms with Crippen LogP contribution >= 0.6 is 11.6 Å². The van der Waals surface area contributed by atoms with E-state index in [0.717, 1.165) is 0 Å². The molecule has 1 amide bonds. The smallest absolute Gasteiger partial charge is 0.306 e. The number of amides is 1. The molecule has 0 atom stereocenters. The number of carbonyl (C=O) groups is 2. The van der Waals surface area contributed by atoms with Gasteiger partial charge in [0.2, 0.25) is 5.76 Å². The van der Waals surface area contributed by atoms with Crippen molar-refractivity contribution < 1.29 is 23.3 Å². The molecule has 0 saturated carbocycles. The fourth-order valence-corrected chi connectivity index (χ4v) is 2.41. The summed E-state index contributed by atoms with van der Waals surface area (Å²) >= 11 is 5.78. The maximum Gasteiger partial charge on any atom is 0.306 e. The molecule has 0 fully saturated rings. The number of rotatable bonds is 8. The van der Waals surface area contributed by atoms with Gasteiger partial charge in [-0.05, 0) is 42.8 Å². The maximum atomic E-state index is 11.9. The highest BCUT2D eigenvalue weighted by atomic mass is 35.5. The van der Waals surface area contributed by atoms with E-state index in [0.29, 0.717) is 40.8 Å². The highest BCUT2D eigenvalue weighted by Crippen LogP contribution is 2.20. The van der Waals surface area contributed by atoms with Crippen LogP contribution in [0.5, 0.6) is 0 Å². The Bertz CT molecular complexity index is 887. The van der Waals surface area contributed by atoms with Crippen molar-refractivity contribution in [3.8, 4) is 11.5 Å². The minimum absolute atomic E-state index is 0.0141. The number of nitrogens with zero attached hydrogens (tertiary/aromatic N) is 1. The molecule has 2 heterocycles. The molecule has 27 heavy (non-hydrogen) atoms. The van der Waals surface area contributed by atoms with E-state index < -0.39 is 0 Å². The summed E-state index contributed by atoms with van der Waals surface area (Å²) in [4.78, 5) is 23.7. The van der Waals surface area contributed by atoms with Crippen LogP contribution in [0, 0.1) is 0 Å². The average Bonchev–Trinajstić information content (AvgIpc) is 3.35. The quantitative estimate of drug-likeness (QED) is 0.465. The average molecular weight is 389 g/mol. The van der Waals surface area contributed by atoms with Gasteiger partial charge in [0.25, 0.3) is 5.91 Å². The molecule has 3 rings (SSSR count). The van der Waals surface area contributed by atoms with Crippen LogP contribution in [0.25, 0.3) is 11.5 Å². The molecular weight excluding hydrogens is 372 g/mol. The van der Waals surface area contributed by atoms with Gasteiger partial charge in [0.15, 0.2) is 5.76 Å². The highest BCUT2D eigenvalue weighted by Gasteiger charge is 2.11. The van der Waals surface area contributed by atoms with Crippen LogP contribution in [-0.2, 0) is 16.1 Å². The minimum atomic E-state index is -0.377. The summed E-state index contributed by atoms with van der Waals surface area (Å²) in [5, 5.41) is 7.13. The topological polar surface area (TPSA) is 94.6 Å². The summed E-state index contributed by atoms with van der Waals surface area (Å²) in [5.74, 6) is 0.429. The molecule has 0 bridgehead atoms. The molecule has 0 unspecified atom stereocenters. The normalized spacial score (nSPS) is 10.6. The third kappa shape index (κ3) is 5.46. The third-order valence-corrected chi connectivity index (χ3v) is 3.91. The summed E-state index contributed by atoms with van der Waals surface area (Å²) < 4.78 is 15.5. The van der Waals surface area contributed by atoms with Gasteiger partial charge in [-0.25, -0.2) is 0 Å². The summed E-state index contributed by atoms with van der Waals surface area (Å²) in [7, 11) is 0. The number of halogens is 1. The van der Waals surface area contributed by atoms with Crippen molar-refractivity contribution in [1.29, 1.82) is 0 Å². The van der Waals surface area contributed by atoms with Crippen LogP contribution in [0.4, 0.5) is 0 Å². The first-order valence-electron chi connectivity index (χ1n) is 8.30. The minimum Gasteiger partial charge on any atom is -0.461 e. The lowest BCUT2D eigenvalue weighted by atomic mass is 10.2. The molecule has 7 nitrogen and oxygen atoms in total. The molecule has 0 aliphatic carbocycles. The van der Waals surface area contributed by atoms with Crippen molar-refractivity contribution in [3.05, 3.63) is 65.0 Å². The molecule has 0 aliphatic heterocycles. The number of furan rings is 1. The Kier molecular flexibility index (Phi) is 6.27. The molecule has 0 saturated heterocycles. The van der Waals surface area contributed by atoms with Gasteiger partial charge in [0.05, 0.1) is 6.26 Å². The molecule has 8 heteroatoms. The zero-order valence-corrected chi connectivity index (χ0v) is 15.1. The Morgan fingerprint density at radius 2 is 1.96 bits per heavy atom. The van der Waals surface area contributed by atoms with Crippen molar-refractivity contribution in [2.45, 2.75) is 19.4 Å².